The van der Waals surface area contributed by atoms with E-state index >= 15 is 0 Å². The van der Waals surface area contributed by atoms with Crippen LogP contribution in [0.1, 0.15) is 6.92 Å². The molecular weight excluding hydrogens is 232 g/mol. The maximum Gasteiger partial charge on any atom is 0.296 e. The molecule has 18 heavy (non-hydrogen) atoms. The molecular formula is C12H16N4O2. The lowest BCUT2D eigenvalue weighted by molar-refractivity contribution is -0.129. The number of amides is 1. The summed E-state index contributed by atoms with van der Waals surface area (Å²) in [5.74, 6) is -0.0447. The minimum Gasteiger partial charge on any atom is -0.424 e. The van der Waals surface area contributed by atoms with Crippen LogP contribution < -0.4 is 11.1 Å². The van der Waals surface area contributed by atoms with Crippen molar-refractivity contribution in [2.75, 3.05) is 25.1 Å². The third kappa shape index (κ3) is 2.37. The van der Waals surface area contributed by atoms with E-state index < -0.39 is 6.04 Å². The Morgan fingerprint density at radius 3 is 2.89 bits per heavy atom. The van der Waals surface area contributed by atoms with E-state index in [1.54, 1.807) is 39.2 Å². The van der Waals surface area contributed by atoms with Gasteiger partial charge in [0.25, 0.3) is 6.01 Å². The van der Waals surface area contributed by atoms with Crippen LogP contribution in [-0.2, 0) is 4.79 Å². The lowest BCUT2D eigenvalue weighted by Gasteiger charge is -2.16. The van der Waals surface area contributed by atoms with Crippen LogP contribution in [0.25, 0.3) is 11.1 Å². The highest BCUT2D eigenvalue weighted by molar-refractivity contribution is 5.84. The molecule has 2 rings (SSSR count). The van der Waals surface area contributed by atoms with Crippen LogP contribution in [0.15, 0.2) is 22.6 Å². The van der Waals surface area contributed by atoms with E-state index in [2.05, 4.69) is 10.3 Å². The van der Waals surface area contributed by atoms with Crippen LogP contribution in [0.5, 0.6) is 0 Å². The molecule has 1 heterocycles. The van der Waals surface area contributed by atoms with E-state index in [0.29, 0.717) is 22.8 Å². The number of carbonyl (C=O) groups is 1. The summed E-state index contributed by atoms with van der Waals surface area (Å²) in [6.07, 6.45) is 0. The molecule has 1 unspecified atom stereocenters. The number of nitrogens with two attached hydrogens (primary N) is 1. The summed E-state index contributed by atoms with van der Waals surface area (Å²) in [5.41, 5.74) is 7.59. The van der Waals surface area contributed by atoms with E-state index in [9.17, 15) is 4.79 Å². The zero-order chi connectivity index (χ0) is 13.3. The maximum absolute atomic E-state index is 11.7. The molecule has 0 aliphatic heterocycles. The van der Waals surface area contributed by atoms with Gasteiger partial charge in [-0.3, -0.25) is 4.79 Å². The van der Waals surface area contributed by atoms with Crippen LogP contribution in [-0.4, -0.2) is 35.9 Å². The number of oxazole rings is 1. The van der Waals surface area contributed by atoms with Crippen molar-refractivity contribution in [3.8, 4) is 0 Å². The van der Waals surface area contributed by atoms with Crippen molar-refractivity contribution in [1.29, 1.82) is 0 Å². The molecule has 6 heteroatoms. The molecule has 1 atom stereocenters. The van der Waals surface area contributed by atoms with Crippen molar-refractivity contribution in [2.45, 2.75) is 13.0 Å². The molecule has 3 N–H and O–H groups in total. The summed E-state index contributed by atoms with van der Waals surface area (Å²) in [5, 5.41) is 2.92. The zero-order valence-electron chi connectivity index (χ0n) is 10.6. The molecule has 0 bridgehead atoms. The first-order valence-electron chi connectivity index (χ1n) is 5.61. The fraction of sp³-hybridized carbons (Fsp3) is 0.333. The Hall–Kier alpha value is -2.24. The average Bonchev–Trinajstić information content (AvgIpc) is 2.68. The lowest BCUT2D eigenvalue weighted by atomic mass is 10.3. The first kappa shape index (κ1) is 12.2. The Labute approximate surface area is 105 Å². The van der Waals surface area contributed by atoms with E-state index in [1.807, 2.05) is 0 Å². The summed E-state index contributed by atoms with van der Waals surface area (Å²) >= 11 is 0. The second-order valence-corrected chi connectivity index (χ2v) is 4.34. The number of fused-ring (bicyclic) bond motifs is 1. The number of aromatic nitrogens is 1. The minimum absolute atomic E-state index is 0.0447. The van der Waals surface area contributed by atoms with Crippen LogP contribution in [0.3, 0.4) is 0 Å². The van der Waals surface area contributed by atoms with E-state index in [1.165, 1.54) is 4.90 Å². The normalized spacial score (nSPS) is 12.4. The van der Waals surface area contributed by atoms with Crippen molar-refractivity contribution < 1.29 is 9.21 Å². The number of rotatable bonds is 3. The van der Waals surface area contributed by atoms with Crippen LogP contribution in [0, 0.1) is 0 Å². The first-order chi connectivity index (χ1) is 8.47. The van der Waals surface area contributed by atoms with E-state index in [0.717, 1.165) is 0 Å². The molecule has 0 aliphatic carbocycles. The number of benzene rings is 1. The molecule has 0 spiro atoms. The summed E-state index contributed by atoms with van der Waals surface area (Å²) in [6.45, 7) is 1.76. The molecule has 0 radical (unpaired) electrons. The number of hydrogen-bond donors (Lipinski definition) is 2. The van der Waals surface area contributed by atoms with Gasteiger partial charge < -0.3 is 20.4 Å². The summed E-state index contributed by atoms with van der Waals surface area (Å²) in [6, 6.07) is 5.14. The Bertz CT molecular complexity index is 576. The van der Waals surface area contributed by atoms with Crippen molar-refractivity contribution in [1.82, 2.24) is 9.88 Å². The van der Waals surface area contributed by atoms with Gasteiger partial charge in [-0.25, -0.2) is 0 Å². The van der Waals surface area contributed by atoms with Crippen molar-refractivity contribution >= 4 is 28.7 Å². The predicted octanol–water partition coefficient (Wildman–Crippen LogP) is 1.30. The van der Waals surface area contributed by atoms with Gasteiger partial charge in [0.05, 0.1) is 0 Å². The fourth-order valence-electron chi connectivity index (χ4n) is 1.64. The number of likely N-dealkylation sites (N-methyl/N-ethyl adjacent to an activating group) is 1. The van der Waals surface area contributed by atoms with Gasteiger partial charge in [0.1, 0.15) is 11.6 Å². The molecule has 1 amide bonds. The van der Waals surface area contributed by atoms with Crippen LogP contribution in [0.4, 0.5) is 11.7 Å². The highest BCUT2D eigenvalue weighted by Crippen LogP contribution is 2.21. The van der Waals surface area contributed by atoms with Crippen LogP contribution >= 0.6 is 0 Å². The molecule has 0 saturated heterocycles. The Morgan fingerprint density at radius 1 is 1.50 bits per heavy atom. The van der Waals surface area contributed by atoms with Gasteiger partial charge in [-0.15, -0.1) is 0 Å². The average molecular weight is 248 g/mol. The highest BCUT2D eigenvalue weighted by atomic mass is 16.4. The Morgan fingerprint density at radius 2 is 2.22 bits per heavy atom. The molecule has 0 aliphatic rings. The molecule has 1 aromatic carbocycles. The first-order valence-corrected chi connectivity index (χ1v) is 5.61. The van der Waals surface area contributed by atoms with Gasteiger partial charge in [0.15, 0.2) is 5.58 Å². The minimum atomic E-state index is -0.398. The number of anilines is 2. The molecule has 96 valence electrons. The van der Waals surface area contributed by atoms with Gasteiger partial charge >= 0.3 is 0 Å². The monoisotopic (exact) mass is 248 g/mol. The van der Waals surface area contributed by atoms with Crippen LogP contribution in [0.2, 0.25) is 0 Å². The maximum atomic E-state index is 11.7. The lowest BCUT2D eigenvalue weighted by Crippen LogP contribution is -2.36. The smallest absolute Gasteiger partial charge is 0.296 e. The molecule has 0 saturated carbocycles. The van der Waals surface area contributed by atoms with E-state index in [-0.39, 0.29) is 5.91 Å². The molecule has 0 fully saturated rings. The topological polar surface area (TPSA) is 84.4 Å². The molecule has 1 aromatic heterocycles. The number of hydrogen-bond acceptors (Lipinski definition) is 5. The predicted molar refractivity (Wildman–Crippen MR) is 70.2 cm³/mol. The zero-order valence-corrected chi connectivity index (χ0v) is 10.6. The third-order valence-corrected chi connectivity index (χ3v) is 2.56. The van der Waals surface area contributed by atoms with Gasteiger partial charge in [-0.2, -0.15) is 4.98 Å². The van der Waals surface area contributed by atoms with Crippen molar-refractivity contribution in [2.24, 2.45) is 0 Å². The SMILES string of the molecule is CC(Nc1nc2cc(N)ccc2o1)C(=O)N(C)C. The van der Waals surface area contributed by atoms with Gasteiger partial charge in [0, 0.05) is 19.8 Å². The Kier molecular flexibility index (Phi) is 3.10. The summed E-state index contributed by atoms with van der Waals surface area (Å²) in [4.78, 5) is 17.4. The van der Waals surface area contributed by atoms with Gasteiger partial charge in [-0.1, -0.05) is 0 Å². The third-order valence-electron chi connectivity index (χ3n) is 2.56. The standard InChI is InChI=1S/C12H16N4O2/c1-7(11(17)16(2)3)14-12-15-9-6-8(13)4-5-10(9)18-12/h4-7H,13H2,1-3H3,(H,14,15). The summed E-state index contributed by atoms with van der Waals surface area (Å²) < 4.78 is 5.48. The number of nitrogens with zero attached hydrogens (tertiary/aromatic N) is 2. The second-order valence-electron chi connectivity index (χ2n) is 4.34. The van der Waals surface area contributed by atoms with Gasteiger partial charge in [-0.05, 0) is 25.1 Å². The molecule has 2 aromatic rings. The number of nitrogen functional groups attached to an aromatic ring is 1. The second kappa shape index (κ2) is 4.56. The quantitative estimate of drug-likeness (QED) is 0.800. The summed E-state index contributed by atoms with van der Waals surface area (Å²) in [7, 11) is 3.40. The number of nitrogens with one attached hydrogen (secondary N) is 1. The largest absolute Gasteiger partial charge is 0.424 e. The van der Waals surface area contributed by atoms with Crippen molar-refractivity contribution in [3.63, 3.8) is 0 Å². The number of carbonyl (C=O) groups excluding carboxylic acids is 1. The highest BCUT2D eigenvalue weighted by Gasteiger charge is 2.17. The fourth-order valence-corrected chi connectivity index (χ4v) is 1.64. The Balaban J connectivity index is 2.19. The van der Waals surface area contributed by atoms with Gasteiger partial charge in [0.2, 0.25) is 5.91 Å². The van der Waals surface area contributed by atoms with Crippen molar-refractivity contribution in [3.05, 3.63) is 18.2 Å². The molecule has 6 nitrogen and oxygen atoms in total. The van der Waals surface area contributed by atoms with E-state index in [4.69, 9.17) is 10.2 Å².